The van der Waals surface area contributed by atoms with E-state index in [9.17, 15) is 57.5 Å². The molecule has 0 saturated carbocycles. The maximum atomic E-state index is 13.0. The second-order valence-corrected chi connectivity index (χ2v) is 41.1. The summed E-state index contributed by atoms with van der Waals surface area (Å²) in [4.78, 5) is 187. The molecule has 744 valence electrons. The van der Waals surface area contributed by atoms with Gasteiger partial charge in [-0.3, -0.25) is 67.5 Å². The summed E-state index contributed by atoms with van der Waals surface area (Å²) in [5, 5.41) is 0. The zero-order valence-electron chi connectivity index (χ0n) is 86.4. The fourth-order valence-electron chi connectivity index (χ4n) is 20.5. The first-order chi connectivity index (χ1) is 70.4. The number of hydrogen-bond donors (Lipinski definition) is 0. The molecule has 0 unspecified atom stereocenters. The molecule has 6 aromatic heterocycles. The summed E-state index contributed by atoms with van der Waals surface area (Å²) in [6.45, 7) is 23.6. The molecule has 0 N–H and O–H groups in total. The molecule has 24 rings (SSSR count). The maximum Gasteiger partial charge on any atom is 0.261 e. The summed E-state index contributed by atoms with van der Waals surface area (Å²) >= 11 is 3.20. The number of furan rings is 2. The molecule has 0 saturated heterocycles. The number of pyridine rings is 2. The zero-order valence-corrected chi connectivity index (χ0v) is 88.1. The number of hydrogen-bond acceptors (Lipinski definition) is 20. The SMILES string of the molecule is Cc1ccc(C2=C3C(=O)N(C)C(c4ccc(C)cc4)=C3C(=O)N2C)cc1.Cc1ccc(C2=C3C(=O)N(C)C(c4ccc(C)cn4)=C3C(=O)N2C)nc1.Cc1ccc(C2=C3C(=O)N(C)C(c4ccc(C)o4)=C3C(=O)N2C)o1.Cc1ccc(C2=C3C(=O)N(C)C(c4ccc(C)s4)=C3C(=O)N2C)s1.Cc1ccc2c(c1)N(C)/C(=C1\C(=O)c3ccc(C)cc3N1C)C2=O.Cc1ccc2c(c1)N(C)C(=O)/C2=C1/C(=O)N(C)c2cc(C)ccc21. The minimum atomic E-state index is -0.240. The lowest BCUT2D eigenvalue weighted by atomic mass is 9.95. The van der Waals surface area contributed by atoms with E-state index in [1.807, 2.05) is 289 Å². The molecule has 12 aromatic rings. The van der Waals surface area contributed by atoms with Crippen molar-refractivity contribution in [2.24, 2.45) is 0 Å². The van der Waals surface area contributed by atoms with Crippen LogP contribution in [0.15, 0.2) is 271 Å². The number of thiophene rings is 2. The topological polar surface area (TPSA) is 296 Å². The van der Waals surface area contributed by atoms with E-state index in [1.165, 1.54) is 19.6 Å². The number of carbonyl (C=O) groups is 12. The Morgan fingerprint density at radius 3 is 0.743 bits per heavy atom. The standard InChI is InChI=1S/C22H20N2O2.C20H18N4O2.2C20H18N2O2.C18H16N2O4.C18H16N2O2S2/c1-13-5-9-15(10-6-13)19-17-18(22(26)23(19)3)20(24(4)21(17)25)16-11-7-14(2)8-12-16;1-11-5-7-13(21-9-11)17-15-16(20(26)23(17)3)18(24(4)19(15)25)14-8-6-12(2)10-22-14;1-11-5-7-13-15(9-11)21(3)17(19(13)23)18-20(24)14-8-6-12(2)10-16(14)22(18)4;1-11-5-7-13-15(9-11)21(3)19(23)17(13)18-14-8-6-12(2)10-16(14)22(4)20(18)24;2*1-9-5-7-11(23-9)15-13-14(18(22)19(15)3)16(20(4)17(13)21)12-8-6-10(2)24-12/h5-12H,1-4H3;5-10H,1-4H3;2*5-10H,1-4H3;2*5-8H,1-4H3/b;;2*18-17+;;. The molecule has 0 radical (unpaired) electrons. The van der Waals surface area contributed by atoms with Crippen LogP contribution in [0.2, 0.25) is 0 Å². The van der Waals surface area contributed by atoms with E-state index < -0.39 is 0 Å². The molecule has 12 aliphatic rings. The number of aryl methyl sites for hydroxylation is 12. The van der Waals surface area contributed by atoms with Crippen molar-refractivity contribution >= 4 is 173 Å². The number of carbonyl (C=O) groups excluding carboxylic acids is 12. The van der Waals surface area contributed by atoms with Gasteiger partial charge >= 0.3 is 0 Å². The molecule has 18 heterocycles. The second kappa shape index (κ2) is 37.7. The van der Waals surface area contributed by atoms with E-state index in [4.69, 9.17) is 8.83 Å². The Kier molecular flexibility index (Phi) is 25.3. The van der Waals surface area contributed by atoms with E-state index in [1.54, 1.807) is 147 Å². The first kappa shape index (κ1) is 99.4. The molecule has 0 fully saturated rings. The van der Waals surface area contributed by atoms with Gasteiger partial charge in [0.05, 0.1) is 134 Å². The second-order valence-electron chi connectivity index (χ2n) is 38.6. The number of rotatable bonds is 8. The lowest BCUT2D eigenvalue weighted by molar-refractivity contribution is -0.123. The van der Waals surface area contributed by atoms with Crippen LogP contribution in [0.4, 0.5) is 22.7 Å². The van der Waals surface area contributed by atoms with Crippen LogP contribution in [0.25, 0.3) is 56.7 Å². The van der Waals surface area contributed by atoms with Crippen molar-refractivity contribution in [3.05, 3.63) is 394 Å². The fraction of sp³-hybridized carbons (Fsp3) is 0.203. The maximum absolute atomic E-state index is 13.0. The van der Waals surface area contributed by atoms with Crippen molar-refractivity contribution in [1.82, 2.24) is 49.2 Å². The summed E-state index contributed by atoms with van der Waals surface area (Å²) in [6.07, 6.45) is 3.46. The van der Waals surface area contributed by atoms with Crippen LogP contribution in [-0.2, 0) is 47.9 Å². The number of benzene rings is 6. The van der Waals surface area contributed by atoms with Gasteiger partial charge in [0, 0.05) is 129 Å². The van der Waals surface area contributed by atoms with Crippen molar-refractivity contribution in [3.8, 4) is 0 Å². The predicted octanol–water partition coefficient (Wildman–Crippen LogP) is 18.2. The van der Waals surface area contributed by atoms with Crippen LogP contribution >= 0.6 is 22.7 Å². The van der Waals surface area contributed by atoms with Gasteiger partial charge in [-0.15, -0.1) is 22.7 Å². The monoisotopic (exact) mass is 2010 g/mol. The molecule has 10 amide bonds. The van der Waals surface area contributed by atoms with Gasteiger partial charge in [-0.2, -0.15) is 0 Å². The highest BCUT2D eigenvalue weighted by Crippen LogP contribution is 2.54. The van der Waals surface area contributed by atoms with Gasteiger partial charge in [0.25, 0.3) is 59.1 Å². The van der Waals surface area contributed by atoms with Crippen molar-refractivity contribution in [3.63, 3.8) is 0 Å². The van der Waals surface area contributed by atoms with Crippen LogP contribution in [0.3, 0.4) is 0 Å². The molecule has 28 nitrogen and oxygen atoms in total. The third-order valence-corrected chi connectivity index (χ3v) is 30.3. The van der Waals surface area contributed by atoms with Crippen molar-refractivity contribution < 1.29 is 66.4 Å². The quantitative estimate of drug-likeness (QED) is 0.128. The summed E-state index contributed by atoms with van der Waals surface area (Å²) in [7, 11) is 20.8. The lowest BCUT2D eigenvalue weighted by Crippen LogP contribution is -2.25. The van der Waals surface area contributed by atoms with Gasteiger partial charge in [0.1, 0.15) is 34.3 Å². The zero-order chi connectivity index (χ0) is 106. The van der Waals surface area contributed by atoms with E-state index in [0.717, 1.165) is 132 Å². The van der Waals surface area contributed by atoms with Gasteiger partial charge in [0.2, 0.25) is 11.6 Å². The molecule has 6 aromatic carbocycles. The molecule has 30 heteroatoms. The third kappa shape index (κ3) is 16.3. The lowest BCUT2D eigenvalue weighted by Gasteiger charge is -2.20. The highest BCUT2D eigenvalue weighted by Gasteiger charge is 2.53. The molecule has 12 aliphatic heterocycles. The van der Waals surface area contributed by atoms with Crippen LogP contribution in [-0.4, -0.2) is 204 Å². The van der Waals surface area contributed by atoms with Crippen LogP contribution in [0.5, 0.6) is 0 Å². The minimum absolute atomic E-state index is 0.0905. The Labute approximate surface area is 864 Å². The van der Waals surface area contributed by atoms with Gasteiger partial charge < -0.3 is 67.6 Å². The van der Waals surface area contributed by atoms with Gasteiger partial charge in [-0.05, 0) is 225 Å². The first-order valence-electron chi connectivity index (χ1n) is 47.9. The van der Waals surface area contributed by atoms with E-state index >= 15 is 0 Å². The Morgan fingerprint density at radius 2 is 0.459 bits per heavy atom. The minimum Gasteiger partial charge on any atom is -0.460 e. The van der Waals surface area contributed by atoms with Crippen LogP contribution in [0, 0.1) is 83.1 Å². The third-order valence-electron chi connectivity index (χ3n) is 28.3. The van der Waals surface area contributed by atoms with Crippen molar-refractivity contribution in [1.29, 1.82) is 0 Å². The summed E-state index contributed by atoms with van der Waals surface area (Å²) in [5.41, 5.74) is 28.5. The van der Waals surface area contributed by atoms with Gasteiger partial charge in [0.15, 0.2) is 11.5 Å². The molecule has 148 heavy (non-hydrogen) atoms. The normalized spacial score (nSPS) is 17.9. The Bertz CT molecular complexity index is 7520. The highest BCUT2D eigenvalue weighted by molar-refractivity contribution is 7.13. The fourth-order valence-corrected chi connectivity index (χ4v) is 22.4. The van der Waals surface area contributed by atoms with Gasteiger partial charge in [-0.25, -0.2) is 0 Å². The molecule has 0 atom stereocenters. The Morgan fingerprint density at radius 1 is 0.209 bits per heavy atom. The molecule has 0 bridgehead atoms. The van der Waals surface area contributed by atoms with E-state index in [2.05, 4.69) is 9.97 Å². The predicted molar refractivity (Wildman–Crippen MR) is 574 cm³/mol. The average Bonchev–Trinajstić information content (AvgIpc) is 1.55. The summed E-state index contributed by atoms with van der Waals surface area (Å²) < 4.78 is 11.3. The number of nitrogens with zero attached hydrogens (tertiary/aromatic N) is 14. The first-order valence-corrected chi connectivity index (χ1v) is 49.5. The molecular weight excluding hydrogens is 1900 g/mol. The Hall–Kier alpha value is -17.4. The number of ketones is 2. The largest absolute Gasteiger partial charge is 0.460 e. The van der Waals surface area contributed by atoms with Gasteiger partial charge in [-0.1, -0.05) is 108 Å². The summed E-state index contributed by atoms with van der Waals surface area (Å²) in [5.74, 6) is 0.628. The molecule has 0 spiro atoms. The smallest absolute Gasteiger partial charge is 0.261 e. The number of allylic oxidation sites excluding steroid dienone is 2. The average molecular weight is 2010 g/mol. The van der Waals surface area contributed by atoms with Crippen molar-refractivity contribution in [2.75, 3.05) is 104 Å². The number of aromatic nitrogens is 2. The Balaban J connectivity index is 0.000000112. The number of likely N-dealkylation sites (N-methyl/N-ethyl adjacent to an activating group) is 12. The number of anilines is 4. The number of amides is 10. The van der Waals surface area contributed by atoms with Crippen LogP contribution in [0.1, 0.15) is 141 Å². The molecule has 0 aliphatic carbocycles. The highest BCUT2D eigenvalue weighted by atomic mass is 32.1. The number of fused-ring (bicyclic) bond motifs is 8. The number of Topliss-reactive ketones (excluding diaryl/α,β-unsaturated/α-hetero) is 2. The molecular formula is C118H106N14O14S2. The van der Waals surface area contributed by atoms with E-state index in [-0.39, 0.29) is 70.6 Å². The summed E-state index contributed by atoms with van der Waals surface area (Å²) in [6, 6.07) is 61.8. The van der Waals surface area contributed by atoms with Crippen LogP contribution < -0.4 is 19.6 Å². The van der Waals surface area contributed by atoms with E-state index in [0.29, 0.717) is 135 Å². The van der Waals surface area contributed by atoms with Crippen molar-refractivity contribution in [2.45, 2.75) is 83.1 Å².